The molecule has 0 amide bonds. The number of aromatic nitrogens is 2. The van der Waals surface area contributed by atoms with Gasteiger partial charge in [0.25, 0.3) is 0 Å². The van der Waals surface area contributed by atoms with Gasteiger partial charge in [-0.2, -0.15) is 4.99 Å². The van der Waals surface area contributed by atoms with Crippen molar-refractivity contribution in [2.75, 3.05) is 7.11 Å². The molecule has 0 spiro atoms. The zero-order chi connectivity index (χ0) is 18.8. The number of ether oxygens (including phenoxy) is 1. The maximum absolute atomic E-state index is 10.7. The Morgan fingerprint density at radius 1 is 1.41 bits per heavy atom. The Kier molecular flexibility index (Phi) is 4.74. The van der Waals surface area contributed by atoms with Gasteiger partial charge in [0.1, 0.15) is 5.75 Å². The van der Waals surface area contributed by atoms with Gasteiger partial charge in [0.15, 0.2) is 4.80 Å². The lowest BCUT2D eigenvalue weighted by Gasteiger charge is -2.04. The molecule has 3 heterocycles. The maximum atomic E-state index is 10.7. The third kappa shape index (κ3) is 3.36. The van der Waals surface area contributed by atoms with Crippen molar-refractivity contribution < 1.29 is 9.84 Å². The minimum absolute atomic E-state index is 0.146. The Balaban J connectivity index is 1.82. The number of aliphatic imine (C=N–C) groups is 1. The molecule has 0 unspecified atom stereocenters. The average Bonchev–Trinajstić information content (AvgIpc) is 3.39. The van der Waals surface area contributed by atoms with Gasteiger partial charge in [0, 0.05) is 35.5 Å². The summed E-state index contributed by atoms with van der Waals surface area (Å²) in [6, 6.07) is 5.74. The molecule has 6 nitrogen and oxygen atoms in total. The lowest BCUT2D eigenvalue weighted by atomic mass is 10.1. The van der Waals surface area contributed by atoms with Crippen LogP contribution in [0.1, 0.15) is 10.4 Å². The summed E-state index contributed by atoms with van der Waals surface area (Å²) < 4.78 is 7.02. The third-order valence-corrected chi connectivity index (χ3v) is 5.65. The molecule has 4 rings (SSSR count). The Bertz CT molecular complexity index is 1120. The Morgan fingerprint density at radius 3 is 3.04 bits per heavy atom. The van der Waals surface area contributed by atoms with Crippen molar-refractivity contribution in [2.45, 2.75) is 6.54 Å². The molecule has 0 aliphatic carbocycles. The van der Waals surface area contributed by atoms with Gasteiger partial charge in [0.2, 0.25) is 11.0 Å². The molecule has 0 saturated heterocycles. The molecule has 0 atom stereocenters. The zero-order valence-corrected chi connectivity index (χ0v) is 16.1. The van der Waals surface area contributed by atoms with Crippen LogP contribution < -0.4 is 9.54 Å². The van der Waals surface area contributed by atoms with Crippen molar-refractivity contribution in [3.63, 3.8) is 0 Å². The maximum Gasteiger partial charge on any atom is 0.211 e. The second-order valence-corrected chi connectivity index (χ2v) is 7.52. The minimum Gasteiger partial charge on any atom is -0.497 e. The lowest BCUT2D eigenvalue weighted by molar-refractivity contribution is 0.415. The molecule has 27 heavy (non-hydrogen) atoms. The molecule has 1 aromatic carbocycles. The van der Waals surface area contributed by atoms with Gasteiger partial charge in [-0.3, -0.25) is 9.56 Å². The molecular formula is C19H16N4O2S2. The highest BCUT2D eigenvalue weighted by atomic mass is 32.1. The molecule has 0 bridgehead atoms. The van der Waals surface area contributed by atoms with Gasteiger partial charge in [-0.1, -0.05) is 17.4 Å². The molecule has 0 fully saturated rings. The lowest BCUT2D eigenvalue weighted by Crippen LogP contribution is -2.12. The van der Waals surface area contributed by atoms with Gasteiger partial charge in [-0.25, -0.2) is 4.98 Å². The summed E-state index contributed by atoms with van der Waals surface area (Å²) in [7, 11) is 1.64. The second kappa shape index (κ2) is 7.34. The first-order valence-corrected chi connectivity index (χ1v) is 9.81. The first kappa shape index (κ1) is 17.4. The number of fused-ring (bicyclic) bond motifs is 1. The van der Waals surface area contributed by atoms with Crippen LogP contribution in [-0.2, 0) is 6.54 Å². The number of hydrogen-bond donors (Lipinski definition) is 1. The van der Waals surface area contributed by atoms with Gasteiger partial charge >= 0.3 is 0 Å². The quantitative estimate of drug-likeness (QED) is 0.650. The number of nitrogens with zero attached hydrogens (tertiary/aromatic N) is 4. The van der Waals surface area contributed by atoms with E-state index in [0.29, 0.717) is 21.4 Å². The fraction of sp³-hybridized carbons (Fsp3) is 0.105. The van der Waals surface area contributed by atoms with Crippen LogP contribution in [0.15, 0.2) is 52.4 Å². The highest BCUT2D eigenvalue weighted by molar-refractivity contribution is 7.13. The van der Waals surface area contributed by atoms with E-state index < -0.39 is 0 Å². The van der Waals surface area contributed by atoms with E-state index >= 15 is 0 Å². The third-order valence-electron chi connectivity index (χ3n) is 3.97. The van der Waals surface area contributed by atoms with Crippen molar-refractivity contribution >= 4 is 51.4 Å². The Morgan fingerprint density at radius 2 is 2.30 bits per heavy atom. The van der Waals surface area contributed by atoms with Gasteiger partial charge in [0.05, 0.1) is 17.7 Å². The first-order chi connectivity index (χ1) is 13.2. The fourth-order valence-electron chi connectivity index (χ4n) is 2.70. The van der Waals surface area contributed by atoms with Crippen molar-refractivity contribution in [2.24, 2.45) is 9.98 Å². The molecule has 1 N–H and O–H groups in total. The summed E-state index contributed by atoms with van der Waals surface area (Å²) >= 11 is 2.84. The highest BCUT2D eigenvalue weighted by Crippen LogP contribution is 2.36. The van der Waals surface area contributed by atoms with Crippen molar-refractivity contribution in [1.29, 1.82) is 0 Å². The second-order valence-electron chi connectivity index (χ2n) is 5.64. The number of allylic oxidation sites excluding steroid dienone is 2. The van der Waals surface area contributed by atoms with Gasteiger partial charge in [-0.15, -0.1) is 17.9 Å². The normalized spacial score (nSPS) is 14.7. The number of hydrogen-bond acceptors (Lipinski definition) is 7. The van der Waals surface area contributed by atoms with Crippen LogP contribution in [0.3, 0.4) is 0 Å². The molecule has 1 aliphatic heterocycles. The number of rotatable bonds is 5. The molecule has 8 heteroatoms. The van der Waals surface area contributed by atoms with Crippen LogP contribution >= 0.6 is 22.7 Å². The number of benzene rings is 1. The van der Waals surface area contributed by atoms with Crippen LogP contribution in [0.25, 0.3) is 11.6 Å². The number of methoxy groups -OCH3 is 1. The molecule has 2 aromatic heterocycles. The molecule has 3 aromatic rings. The SMILES string of the molecule is C=CCn1c(O)c(C=C2C=Nc3ccc(OC)cc32)sc1=Nc1nccs1. The molecule has 1 aliphatic rings. The van der Waals surface area contributed by atoms with Crippen molar-refractivity contribution in [3.8, 4) is 11.6 Å². The van der Waals surface area contributed by atoms with Crippen LogP contribution in [0, 0.1) is 0 Å². The monoisotopic (exact) mass is 396 g/mol. The number of thiazole rings is 2. The highest BCUT2D eigenvalue weighted by Gasteiger charge is 2.16. The molecule has 0 radical (unpaired) electrons. The summed E-state index contributed by atoms with van der Waals surface area (Å²) in [5.74, 6) is 0.911. The summed E-state index contributed by atoms with van der Waals surface area (Å²) in [4.78, 5) is 14.5. The predicted molar refractivity (Wildman–Crippen MR) is 111 cm³/mol. The van der Waals surface area contributed by atoms with E-state index in [1.54, 1.807) is 30.2 Å². The van der Waals surface area contributed by atoms with E-state index in [-0.39, 0.29) is 5.88 Å². The number of aromatic hydroxyl groups is 1. The molecule has 136 valence electrons. The summed E-state index contributed by atoms with van der Waals surface area (Å²) in [6.07, 6.45) is 7.13. The van der Waals surface area contributed by atoms with E-state index in [1.807, 2.05) is 29.7 Å². The van der Waals surface area contributed by atoms with Gasteiger partial charge < -0.3 is 9.84 Å². The Hall–Kier alpha value is -2.97. The van der Waals surface area contributed by atoms with Crippen molar-refractivity contribution in [1.82, 2.24) is 9.55 Å². The van der Waals surface area contributed by atoms with Gasteiger partial charge in [-0.05, 0) is 24.3 Å². The van der Waals surface area contributed by atoms with Crippen molar-refractivity contribution in [3.05, 3.63) is 57.7 Å². The standard InChI is InChI=1S/C19H16N4O2S2/c1-3-7-23-17(24)16(27-19(23)22-18-20-6-8-26-18)9-12-11-21-15-5-4-13(25-2)10-14(12)15/h3-6,8-11,24H,1,7H2,2H3. The van der Waals surface area contributed by atoms with E-state index in [9.17, 15) is 5.11 Å². The van der Waals surface area contributed by atoms with E-state index in [1.165, 1.54) is 22.7 Å². The fourth-order valence-corrected chi connectivity index (χ4v) is 4.25. The van der Waals surface area contributed by atoms with E-state index in [4.69, 9.17) is 4.74 Å². The van der Waals surface area contributed by atoms with Crippen LogP contribution in [0.2, 0.25) is 0 Å². The predicted octanol–water partition coefficient (Wildman–Crippen LogP) is 4.40. The average molecular weight is 396 g/mol. The van der Waals surface area contributed by atoms with E-state index in [2.05, 4.69) is 21.5 Å². The molecule has 0 saturated carbocycles. The Labute approximate surface area is 163 Å². The topological polar surface area (TPSA) is 72.0 Å². The van der Waals surface area contributed by atoms with Crippen LogP contribution in [0.4, 0.5) is 10.8 Å². The summed E-state index contributed by atoms with van der Waals surface area (Å²) in [5.41, 5.74) is 2.76. The smallest absolute Gasteiger partial charge is 0.211 e. The molecular weight excluding hydrogens is 380 g/mol. The summed E-state index contributed by atoms with van der Waals surface area (Å²) in [5, 5.41) is 13.2. The minimum atomic E-state index is 0.146. The summed E-state index contributed by atoms with van der Waals surface area (Å²) in [6.45, 7) is 4.22. The largest absolute Gasteiger partial charge is 0.497 e. The van der Waals surface area contributed by atoms with E-state index in [0.717, 1.165) is 22.6 Å². The van der Waals surface area contributed by atoms with Crippen LogP contribution in [0.5, 0.6) is 11.6 Å². The first-order valence-electron chi connectivity index (χ1n) is 8.11. The zero-order valence-electron chi connectivity index (χ0n) is 14.5. The van der Waals surface area contributed by atoms with Crippen LogP contribution in [-0.4, -0.2) is 28.0 Å².